The molecule has 0 saturated heterocycles. The van der Waals surface area contributed by atoms with E-state index < -0.39 is 11.9 Å². The topological polar surface area (TPSA) is 40.1 Å². The van der Waals surface area contributed by atoms with Crippen molar-refractivity contribution < 1.29 is 61.3 Å². The molecule has 1 rings (SSSR count). The number of carbonyl (C=O) groups excluding carboxylic acids is 1. The number of carboxylic acids is 1. The molecule has 1 atom stereocenters. The van der Waals surface area contributed by atoms with Crippen LogP contribution in [-0.4, -0.2) is 5.97 Å². The second-order valence-electron chi connectivity index (χ2n) is 2.95. The van der Waals surface area contributed by atoms with Crippen LogP contribution in [0.2, 0.25) is 0 Å². The Bertz CT molecular complexity index is 279. The molecule has 0 heterocycles. The first-order chi connectivity index (χ1) is 5.61. The quantitative estimate of drug-likeness (QED) is 0.513. The molecule has 0 aliphatic rings. The first-order valence-corrected chi connectivity index (χ1v) is 3.88. The summed E-state index contributed by atoms with van der Waals surface area (Å²) in [6.07, 6.45) is 0. The molecule has 0 aliphatic carbocycles. The van der Waals surface area contributed by atoms with E-state index in [0.29, 0.717) is 0 Å². The van der Waals surface area contributed by atoms with Gasteiger partial charge >= 0.3 is 51.4 Å². The Labute approximate surface area is 121 Å². The van der Waals surface area contributed by atoms with Crippen LogP contribution in [0.25, 0.3) is 0 Å². The molecule has 13 heavy (non-hydrogen) atoms. The van der Waals surface area contributed by atoms with Crippen LogP contribution in [0.5, 0.6) is 0 Å². The van der Waals surface area contributed by atoms with Crippen molar-refractivity contribution in [3.05, 3.63) is 35.4 Å². The van der Waals surface area contributed by atoms with E-state index in [2.05, 4.69) is 0 Å². The van der Waals surface area contributed by atoms with Crippen molar-refractivity contribution in [2.75, 3.05) is 0 Å². The van der Waals surface area contributed by atoms with Gasteiger partial charge in [0.2, 0.25) is 0 Å². The Balaban J connectivity index is 0.00000144. The van der Waals surface area contributed by atoms with Gasteiger partial charge in [0.25, 0.3) is 0 Å². The molecule has 0 aromatic heterocycles. The Morgan fingerprint density at radius 1 is 1.31 bits per heavy atom. The largest absolute Gasteiger partial charge is 1.00 e. The third kappa shape index (κ3) is 3.91. The minimum absolute atomic E-state index is 0. The Kier molecular flexibility index (Phi) is 6.08. The van der Waals surface area contributed by atoms with Crippen LogP contribution >= 0.6 is 0 Å². The molecule has 0 bridgehead atoms. The van der Waals surface area contributed by atoms with Gasteiger partial charge in [0.05, 0.1) is 0 Å². The van der Waals surface area contributed by atoms with Crippen molar-refractivity contribution in [2.24, 2.45) is 0 Å². The Morgan fingerprint density at radius 2 is 1.77 bits per heavy atom. The van der Waals surface area contributed by atoms with Crippen molar-refractivity contribution in [3.63, 3.8) is 0 Å². The number of rotatable bonds is 2. The normalized spacial score (nSPS) is 11.5. The van der Waals surface area contributed by atoms with E-state index in [1.165, 1.54) is 0 Å². The maximum atomic E-state index is 10.5. The van der Waals surface area contributed by atoms with Crippen molar-refractivity contribution in [1.29, 1.82) is 0 Å². The van der Waals surface area contributed by atoms with E-state index in [1.807, 2.05) is 31.2 Å². The second-order valence-corrected chi connectivity index (χ2v) is 2.95. The van der Waals surface area contributed by atoms with E-state index in [1.54, 1.807) is 6.92 Å². The van der Waals surface area contributed by atoms with Crippen LogP contribution < -0.4 is 56.5 Å². The van der Waals surface area contributed by atoms with Crippen LogP contribution in [0.4, 0.5) is 0 Å². The minimum atomic E-state index is -1.03. The predicted molar refractivity (Wildman–Crippen MR) is 44.6 cm³/mol. The van der Waals surface area contributed by atoms with Gasteiger partial charge < -0.3 is 9.90 Å². The van der Waals surface area contributed by atoms with Gasteiger partial charge in [-0.15, -0.1) is 0 Å². The number of hydrogen-bond donors (Lipinski definition) is 0. The second kappa shape index (κ2) is 5.93. The van der Waals surface area contributed by atoms with Gasteiger partial charge in [-0.05, 0) is 12.5 Å². The van der Waals surface area contributed by atoms with Gasteiger partial charge in [-0.3, -0.25) is 0 Å². The first-order valence-electron chi connectivity index (χ1n) is 3.88. The standard InChI is InChI=1S/C10H12O2.K/c1-7-3-5-9(6-4-7)8(2)10(11)12;/h3-6,8H,1-2H3,(H,11,12);/q;+1/p-1. The van der Waals surface area contributed by atoms with Gasteiger partial charge in [-0.25, -0.2) is 0 Å². The van der Waals surface area contributed by atoms with Gasteiger partial charge in [-0.1, -0.05) is 36.8 Å². The van der Waals surface area contributed by atoms with Gasteiger partial charge in [0, 0.05) is 11.9 Å². The molecule has 0 saturated carbocycles. The summed E-state index contributed by atoms with van der Waals surface area (Å²) >= 11 is 0. The maximum absolute atomic E-state index is 10.5. The molecule has 1 aromatic rings. The zero-order valence-corrected chi connectivity index (χ0v) is 11.3. The summed E-state index contributed by atoms with van der Waals surface area (Å²) in [5, 5.41) is 10.5. The maximum Gasteiger partial charge on any atom is 1.00 e. The summed E-state index contributed by atoms with van der Waals surface area (Å²) < 4.78 is 0. The fourth-order valence-corrected chi connectivity index (χ4v) is 0.991. The summed E-state index contributed by atoms with van der Waals surface area (Å²) in [5.74, 6) is -1.55. The van der Waals surface area contributed by atoms with Crippen molar-refractivity contribution in [2.45, 2.75) is 19.8 Å². The number of carbonyl (C=O) groups is 1. The number of benzene rings is 1. The third-order valence-corrected chi connectivity index (χ3v) is 1.93. The fraction of sp³-hybridized carbons (Fsp3) is 0.300. The molecule has 0 radical (unpaired) electrons. The molecule has 3 heteroatoms. The van der Waals surface area contributed by atoms with Crippen molar-refractivity contribution >= 4 is 5.97 Å². The monoisotopic (exact) mass is 202 g/mol. The molecule has 64 valence electrons. The summed E-state index contributed by atoms with van der Waals surface area (Å²) in [7, 11) is 0. The number of aryl methyl sites for hydroxylation is 1. The van der Waals surface area contributed by atoms with Crippen molar-refractivity contribution in [1.82, 2.24) is 0 Å². The molecule has 0 N–H and O–H groups in total. The fourth-order valence-electron chi connectivity index (χ4n) is 0.991. The SMILES string of the molecule is Cc1ccc(C(C)C(=O)[O-])cc1.[K+]. The first kappa shape index (κ1) is 13.3. The van der Waals surface area contributed by atoms with Gasteiger partial charge in [0.1, 0.15) is 0 Å². The molecular weight excluding hydrogens is 191 g/mol. The Morgan fingerprint density at radius 3 is 2.15 bits per heavy atom. The van der Waals surface area contributed by atoms with E-state index in [9.17, 15) is 9.90 Å². The summed E-state index contributed by atoms with van der Waals surface area (Å²) in [4.78, 5) is 10.5. The summed E-state index contributed by atoms with van der Waals surface area (Å²) in [5.41, 5.74) is 1.92. The predicted octanol–water partition coefficient (Wildman–Crippen LogP) is -2.15. The van der Waals surface area contributed by atoms with Crippen LogP contribution in [-0.2, 0) is 4.79 Å². The van der Waals surface area contributed by atoms with E-state index in [4.69, 9.17) is 0 Å². The van der Waals surface area contributed by atoms with Crippen LogP contribution in [0.15, 0.2) is 24.3 Å². The van der Waals surface area contributed by atoms with Crippen LogP contribution in [0.1, 0.15) is 24.0 Å². The van der Waals surface area contributed by atoms with E-state index in [0.717, 1.165) is 11.1 Å². The molecule has 1 aromatic carbocycles. The molecule has 0 spiro atoms. The number of aliphatic carboxylic acids is 1. The molecule has 2 nitrogen and oxygen atoms in total. The van der Waals surface area contributed by atoms with Crippen LogP contribution in [0, 0.1) is 6.92 Å². The molecule has 0 amide bonds. The Hall–Kier alpha value is 0.326. The average Bonchev–Trinajstić information content (AvgIpc) is 2.04. The van der Waals surface area contributed by atoms with E-state index in [-0.39, 0.29) is 51.4 Å². The number of carboxylic acid groups (broad SMARTS) is 1. The summed E-state index contributed by atoms with van der Waals surface area (Å²) in [6, 6.07) is 7.43. The molecule has 0 fully saturated rings. The number of hydrogen-bond acceptors (Lipinski definition) is 2. The van der Waals surface area contributed by atoms with E-state index >= 15 is 0 Å². The smallest absolute Gasteiger partial charge is 0.550 e. The summed E-state index contributed by atoms with van der Waals surface area (Å²) in [6.45, 7) is 3.59. The molecule has 1 unspecified atom stereocenters. The zero-order chi connectivity index (χ0) is 9.14. The zero-order valence-electron chi connectivity index (χ0n) is 8.20. The van der Waals surface area contributed by atoms with Crippen LogP contribution in [0.3, 0.4) is 0 Å². The van der Waals surface area contributed by atoms with Crippen molar-refractivity contribution in [3.8, 4) is 0 Å². The third-order valence-electron chi connectivity index (χ3n) is 1.93. The minimum Gasteiger partial charge on any atom is -0.550 e. The van der Waals surface area contributed by atoms with Gasteiger partial charge in [0.15, 0.2) is 0 Å². The average molecular weight is 202 g/mol. The molecule has 0 aliphatic heterocycles. The van der Waals surface area contributed by atoms with Gasteiger partial charge in [-0.2, -0.15) is 0 Å². The molecular formula is C10H11KO2.